The largest absolute Gasteiger partial charge is 0.337 e. The Hall–Kier alpha value is -1.88. The fraction of sp³-hybridized carbons (Fsp3) is 0.500. The molecule has 0 radical (unpaired) electrons. The second kappa shape index (κ2) is 7.56. The predicted molar refractivity (Wildman–Crippen MR) is 95.6 cm³/mol. The van der Waals surface area contributed by atoms with Gasteiger partial charge < -0.3 is 4.90 Å². The summed E-state index contributed by atoms with van der Waals surface area (Å²) in [5.41, 5.74) is 0.398. The van der Waals surface area contributed by atoms with E-state index in [-0.39, 0.29) is 17.3 Å². The molecular weight excluding hydrogens is 338 g/mol. The fourth-order valence-corrected chi connectivity index (χ4v) is 4.57. The van der Waals surface area contributed by atoms with Crippen molar-refractivity contribution in [3.05, 3.63) is 29.8 Å². The van der Waals surface area contributed by atoms with Crippen molar-refractivity contribution in [3.63, 3.8) is 0 Å². The lowest BCUT2D eigenvalue weighted by Crippen LogP contribution is -2.39. The molecule has 2 saturated heterocycles. The number of sulfonamides is 1. The van der Waals surface area contributed by atoms with Crippen LogP contribution in [0.3, 0.4) is 0 Å². The highest BCUT2D eigenvalue weighted by Crippen LogP contribution is 2.23. The minimum atomic E-state index is -3.70. The molecule has 0 bridgehead atoms. The third kappa shape index (κ3) is 4.03. The summed E-state index contributed by atoms with van der Waals surface area (Å²) >= 11 is 0. The molecule has 134 valence electrons. The van der Waals surface area contributed by atoms with E-state index in [9.17, 15) is 13.2 Å². The Labute approximate surface area is 149 Å². The van der Waals surface area contributed by atoms with Gasteiger partial charge in [0.15, 0.2) is 0 Å². The van der Waals surface area contributed by atoms with Crippen molar-refractivity contribution in [1.82, 2.24) is 14.5 Å². The van der Waals surface area contributed by atoms with E-state index in [4.69, 9.17) is 6.42 Å². The summed E-state index contributed by atoms with van der Waals surface area (Å²) < 4.78 is 26.7. The molecule has 2 aliphatic heterocycles. The highest BCUT2D eigenvalue weighted by molar-refractivity contribution is 7.89. The van der Waals surface area contributed by atoms with Gasteiger partial charge in [-0.05, 0) is 44.0 Å². The molecule has 25 heavy (non-hydrogen) atoms. The Kier molecular flexibility index (Phi) is 5.42. The lowest BCUT2D eigenvalue weighted by atomic mass is 10.1. The zero-order valence-electron chi connectivity index (χ0n) is 14.1. The molecule has 1 aromatic rings. The molecule has 1 amide bonds. The van der Waals surface area contributed by atoms with Gasteiger partial charge >= 0.3 is 0 Å². The van der Waals surface area contributed by atoms with E-state index in [1.165, 1.54) is 18.6 Å². The van der Waals surface area contributed by atoms with E-state index >= 15 is 0 Å². The van der Waals surface area contributed by atoms with Crippen LogP contribution in [0.25, 0.3) is 0 Å². The molecule has 0 unspecified atom stereocenters. The van der Waals surface area contributed by atoms with E-state index in [1.54, 1.807) is 12.1 Å². The van der Waals surface area contributed by atoms with Crippen LogP contribution in [0.2, 0.25) is 0 Å². The van der Waals surface area contributed by atoms with Crippen LogP contribution in [0.4, 0.5) is 0 Å². The molecule has 3 rings (SSSR count). The van der Waals surface area contributed by atoms with Crippen LogP contribution in [-0.2, 0) is 10.0 Å². The lowest BCUT2D eigenvalue weighted by Gasteiger charge is -2.25. The number of carbonyl (C=O) groups is 1. The van der Waals surface area contributed by atoms with E-state index in [1.807, 2.05) is 4.90 Å². The number of nitrogens with zero attached hydrogens (tertiary/aromatic N) is 2. The monoisotopic (exact) mass is 361 g/mol. The Morgan fingerprint density at radius 2 is 2.08 bits per heavy atom. The Morgan fingerprint density at radius 3 is 2.88 bits per heavy atom. The summed E-state index contributed by atoms with van der Waals surface area (Å²) in [6.45, 7) is 3.48. The summed E-state index contributed by atoms with van der Waals surface area (Å²) in [6, 6.07) is 6.59. The zero-order valence-corrected chi connectivity index (χ0v) is 15.0. The van der Waals surface area contributed by atoms with Crippen LogP contribution >= 0.6 is 0 Å². The molecule has 0 saturated carbocycles. The molecule has 1 atom stereocenters. The molecule has 0 spiro atoms. The third-order valence-corrected chi connectivity index (χ3v) is 6.25. The van der Waals surface area contributed by atoms with Gasteiger partial charge in [0.25, 0.3) is 5.91 Å². The summed E-state index contributed by atoms with van der Waals surface area (Å²) in [4.78, 5) is 17.3. The highest BCUT2D eigenvalue weighted by atomic mass is 32.2. The van der Waals surface area contributed by atoms with E-state index < -0.39 is 10.0 Å². The summed E-state index contributed by atoms with van der Waals surface area (Å²) in [6.07, 6.45) is 8.35. The first-order valence-corrected chi connectivity index (χ1v) is 10.1. The minimum absolute atomic E-state index is 0.0610. The molecular formula is C18H23N3O3S. The molecule has 0 aromatic heterocycles. The summed E-state index contributed by atoms with van der Waals surface area (Å²) in [7, 11) is -3.70. The Morgan fingerprint density at radius 1 is 1.28 bits per heavy atom. The summed E-state index contributed by atoms with van der Waals surface area (Å²) in [5, 5.41) is 0. The molecule has 2 aliphatic rings. The van der Waals surface area contributed by atoms with Gasteiger partial charge in [0.2, 0.25) is 10.0 Å². The van der Waals surface area contributed by atoms with Crippen LogP contribution in [0.1, 0.15) is 29.6 Å². The molecule has 2 heterocycles. The van der Waals surface area contributed by atoms with Crippen molar-refractivity contribution in [2.24, 2.45) is 0 Å². The first-order chi connectivity index (χ1) is 12.0. The van der Waals surface area contributed by atoms with Gasteiger partial charge in [-0.25, -0.2) is 8.42 Å². The molecule has 2 fully saturated rings. The van der Waals surface area contributed by atoms with Gasteiger partial charge in [0, 0.05) is 31.2 Å². The number of carbonyl (C=O) groups excluding carboxylic acids is 1. The number of hydrogen-bond donors (Lipinski definition) is 1. The minimum Gasteiger partial charge on any atom is -0.337 e. The number of hydrogen-bond acceptors (Lipinski definition) is 4. The predicted octanol–water partition coefficient (Wildman–Crippen LogP) is 0.908. The molecule has 6 nitrogen and oxygen atoms in total. The number of benzene rings is 1. The van der Waals surface area contributed by atoms with E-state index in [2.05, 4.69) is 15.5 Å². The first-order valence-electron chi connectivity index (χ1n) is 8.58. The topological polar surface area (TPSA) is 69.7 Å². The van der Waals surface area contributed by atoms with Crippen LogP contribution in [-0.4, -0.2) is 62.9 Å². The van der Waals surface area contributed by atoms with Gasteiger partial charge in [0.05, 0.1) is 11.4 Å². The average Bonchev–Trinajstić information content (AvgIpc) is 2.96. The Balaban J connectivity index is 1.78. The van der Waals surface area contributed by atoms with Crippen molar-refractivity contribution in [2.45, 2.75) is 30.2 Å². The van der Waals surface area contributed by atoms with Crippen molar-refractivity contribution in [2.75, 3.05) is 32.7 Å². The molecule has 1 aromatic carbocycles. The van der Waals surface area contributed by atoms with Crippen molar-refractivity contribution in [3.8, 4) is 12.3 Å². The van der Waals surface area contributed by atoms with Crippen LogP contribution in [0.15, 0.2) is 29.2 Å². The third-order valence-electron chi connectivity index (χ3n) is 4.85. The average molecular weight is 361 g/mol. The maximum atomic E-state index is 12.9. The van der Waals surface area contributed by atoms with Crippen LogP contribution in [0, 0.1) is 12.3 Å². The molecule has 7 heteroatoms. The number of fused-ring (bicyclic) bond motifs is 1. The highest BCUT2D eigenvalue weighted by Gasteiger charge is 2.31. The van der Waals surface area contributed by atoms with Gasteiger partial charge in [-0.15, -0.1) is 6.42 Å². The van der Waals surface area contributed by atoms with Gasteiger partial charge in [-0.3, -0.25) is 9.69 Å². The number of rotatable bonds is 4. The molecule has 0 aliphatic carbocycles. The number of terminal acetylenes is 1. The number of amides is 1. The van der Waals surface area contributed by atoms with Crippen LogP contribution in [0.5, 0.6) is 0 Å². The maximum absolute atomic E-state index is 12.9. The maximum Gasteiger partial charge on any atom is 0.253 e. The van der Waals surface area contributed by atoms with Gasteiger partial charge in [-0.2, -0.15) is 4.72 Å². The van der Waals surface area contributed by atoms with Crippen LogP contribution < -0.4 is 4.72 Å². The standard InChI is InChI=1S/C18H23N3O3S/c1-2-9-19-25(23,24)17-8-3-6-15(13-17)18(22)21-12-5-11-20-10-4-7-16(20)14-21/h1,3,6,8,13,16,19H,4-5,7,9-12,14H2/t16-/m0/s1. The SMILES string of the molecule is C#CCNS(=O)(=O)c1cccc(C(=O)N2CCCN3CCC[C@H]3C2)c1. The lowest BCUT2D eigenvalue weighted by molar-refractivity contribution is 0.0743. The van der Waals surface area contributed by atoms with Gasteiger partial charge in [0.1, 0.15) is 0 Å². The molecule has 1 N–H and O–H groups in total. The van der Waals surface area contributed by atoms with Crippen molar-refractivity contribution < 1.29 is 13.2 Å². The van der Waals surface area contributed by atoms with E-state index in [0.717, 1.165) is 25.9 Å². The first kappa shape index (κ1) is 17.9. The van der Waals surface area contributed by atoms with Crippen molar-refractivity contribution in [1.29, 1.82) is 0 Å². The normalized spacial score (nSPS) is 21.4. The van der Waals surface area contributed by atoms with Gasteiger partial charge in [-0.1, -0.05) is 12.0 Å². The zero-order chi connectivity index (χ0) is 17.9. The van der Waals surface area contributed by atoms with Crippen molar-refractivity contribution >= 4 is 15.9 Å². The van der Waals surface area contributed by atoms with E-state index in [0.29, 0.717) is 24.7 Å². The second-order valence-electron chi connectivity index (χ2n) is 6.49. The fourth-order valence-electron chi connectivity index (χ4n) is 3.59. The number of nitrogens with one attached hydrogen (secondary N) is 1. The Bertz CT molecular complexity index is 785. The smallest absolute Gasteiger partial charge is 0.253 e. The second-order valence-corrected chi connectivity index (χ2v) is 8.26. The summed E-state index contributed by atoms with van der Waals surface area (Å²) in [5.74, 6) is 2.13. The quantitative estimate of drug-likeness (QED) is 0.810.